The van der Waals surface area contributed by atoms with Crippen molar-refractivity contribution >= 4 is 11.0 Å². The maximum atomic E-state index is 11.1. The lowest BCUT2D eigenvalue weighted by molar-refractivity contribution is 1.15. The Bertz CT molecular complexity index is 704. The number of nitrogens with one attached hydrogen (secondary N) is 3. The SMILES string of the molecule is Cc1ncc(-c2ccc3[nH]c(=O)[nH]c3c2)[nH]1. The monoisotopic (exact) mass is 214 g/mol. The van der Waals surface area contributed by atoms with Crippen molar-refractivity contribution in [3.8, 4) is 11.3 Å². The number of aryl methyl sites for hydroxylation is 1. The van der Waals surface area contributed by atoms with Crippen molar-refractivity contribution in [3.05, 3.63) is 40.7 Å². The molecule has 1 aromatic carbocycles. The Hall–Kier alpha value is -2.30. The molecule has 2 aromatic heterocycles. The van der Waals surface area contributed by atoms with Gasteiger partial charge in [0.2, 0.25) is 0 Å². The smallest absolute Gasteiger partial charge is 0.323 e. The average molecular weight is 214 g/mol. The highest BCUT2D eigenvalue weighted by molar-refractivity contribution is 5.80. The van der Waals surface area contributed by atoms with E-state index in [1.54, 1.807) is 6.20 Å². The van der Waals surface area contributed by atoms with E-state index in [1.807, 2.05) is 25.1 Å². The van der Waals surface area contributed by atoms with Gasteiger partial charge in [0, 0.05) is 5.56 Å². The number of hydrogen-bond donors (Lipinski definition) is 3. The molecule has 3 N–H and O–H groups in total. The molecule has 80 valence electrons. The van der Waals surface area contributed by atoms with Gasteiger partial charge < -0.3 is 15.0 Å². The number of H-pyrrole nitrogens is 3. The van der Waals surface area contributed by atoms with Crippen LogP contribution in [0.4, 0.5) is 0 Å². The molecule has 0 atom stereocenters. The molecule has 0 unspecified atom stereocenters. The maximum absolute atomic E-state index is 11.1. The Labute approximate surface area is 90.6 Å². The van der Waals surface area contributed by atoms with Gasteiger partial charge in [-0.25, -0.2) is 9.78 Å². The lowest BCUT2D eigenvalue weighted by atomic mass is 10.1. The van der Waals surface area contributed by atoms with E-state index in [0.29, 0.717) is 0 Å². The van der Waals surface area contributed by atoms with E-state index in [4.69, 9.17) is 0 Å². The highest BCUT2D eigenvalue weighted by Gasteiger charge is 2.03. The van der Waals surface area contributed by atoms with Crippen LogP contribution in [0.5, 0.6) is 0 Å². The Kier molecular flexibility index (Phi) is 1.73. The zero-order valence-electron chi connectivity index (χ0n) is 8.66. The summed E-state index contributed by atoms with van der Waals surface area (Å²) in [5, 5.41) is 0. The van der Waals surface area contributed by atoms with Gasteiger partial charge in [0.15, 0.2) is 0 Å². The minimum Gasteiger partial charge on any atom is -0.342 e. The van der Waals surface area contributed by atoms with E-state index in [9.17, 15) is 4.79 Å². The first-order valence-corrected chi connectivity index (χ1v) is 4.96. The first kappa shape index (κ1) is 8.96. The van der Waals surface area contributed by atoms with Gasteiger partial charge >= 0.3 is 5.69 Å². The number of benzene rings is 1. The number of aromatic nitrogens is 4. The van der Waals surface area contributed by atoms with Crippen molar-refractivity contribution in [1.82, 2.24) is 19.9 Å². The van der Waals surface area contributed by atoms with Crippen molar-refractivity contribution in [1.29, 1.82) is 0 Å². The fraction of sp³-hybridized carbons (Fsp3) is 0.0909. The van der Waals surface area contributed by atoms with Crippen LogP contribution in [0.25, 0.3) is 22.3 Å². The average Bonchev–Trinajstić information content (AvgIpc) is 2.81. The van der Waals surface area contributed by atoms with Crippen LogP contribution < -0.4 is 5.69 Å². The van der Waals surface area contributed by atoms with E-state index in [1.165, 1.54) is 0 Å². The Balaban J connectivity index is 2.21. The van der Waals surface area contributed by atoms with Gasteiger partial charge in [0.1, 0.15) is 5.82 Å². The molecule has 0 saturated heterocycles. The van der Waals surface area contributed by atoms with Crippen LogP contribution in [0.15, 0.2) is 29.2 Å². The zero-order chi connectivity index (χ0) is 11.1. The molecule has 0 aliphatic carbocycles. The minimum atomic E-state index is -0.187. The molecule has 0 aliphatic rings. The second kappa shape index (κ2) is 3.10. The molecule has 16 heavy (non-hydrogen) atoms. The van der Waals surface area contributed by atoms with Crippen molar-refractivity contribution in [2.24, 2.45) is 0 Å². The Morgan fingerprint density at radius 3 is 2.69 bits per heavy atom. The molecular weight excluding hydrogens is 204 g/mol. The van der Waals surface area contributed by atoms with E-state index in [2.05, 4.69) is 19.9 Å². The van der Waals surface area contributed by atoms with Gasteiger partial charge in [-0.05, 0) is 19.1 Å². The third kappa shape index (κ3) is 1.33. The Morgan fingerprint density at radius 1 is 1.12 bits per heavy atom. The molecule has 0 aliphatic heterocycles. The molecule has 0 fully saturated rings. The summed E-state index contributed by atoms with van der Waals surface area (Å²) in [6, 6.07) is 5.73. The second-order valence-corrected chi connectivity index (χ2v) is 3.72. The molecule has 5 nitrogen and oxygen atoms in total. The van der Waals surface area contributed by atoms with Crippen LogP contribution in [-0.4, -0.2) is 19.9 Å². The van der Waals surface area contributed by atoms with Crippen LogP contribution in [0, 0.1) is 6.92 Å². The second-order valence-electron chi connectivity index (χ2n) is 3.72. The molecule has 0 radical (unpaired) electrons. The number of aromatic amines is 3. The van der Waals surface area contributed by atoms with Crippen LogP contribution in [0.1, 0.15) is 5.82 Å². The topological polar surface area (TPSA) is 77.3 Å². The summed E-state index contributed by atoms with van der Waals surface area (Å²) >= 11 is 0. The molecule has 5 heteroatoms. The summed E-state index contributed by atoms with van der Waals surface area (Å²) in [4.78, 5) is 23.8. The van der Waals surface area contributed by atoms with Crippen molar-refractivity contribution < 1.29 is 0 Å². The molecule has 0 spiro atoms. The summed E-state index contributed by atoms with van der Waals surface area (Å²) in [6.07, 6.45) is 1.78. The standard InChI is InChI=1S/C11H10N4O/c1-6-12-5-10(13-6)7-2-3-8-9(4-7)15-11(16)14-8/h2-5H,1H3,(H,12,13)(H2,14,15,16). The highest BCUT2D eigenvalue weighted by Crippen LogP contribution is 2.20. The molecule has 0 amide bonds. The first-order chi connectivity index (χ1) is 7.72. The fourth-order valence-electron chi connectivity index (χ4n) is 1.77. The number of rotatable bonds is 1. The van der Waals surface area contributed by atoms with Gasteiger partial charge in [-0.3, -0.25) is 0 Å². The Morgan fingerprint density at radius 2 is 1.94 bits per heavy atom. The third-order valence-electron chi connectivity index (χ3n) is 2.53. The number of nitrogens with zero attached hydrogens (tertiary/aromatic N) is 1. The van der Waals surface area contributed by atoms with Gasteiger partial charge in [-0.2, -0.15) is 0 Å². The van der Waals surface area contributed by atoms with Crippen molar-refractivity contribution in [2.75, 3.05) is 0 Å². The number of hydrogen-bond acceptors (Lipinski definition) is 2. The van der Waals surface area contributed by atoms with Gasteiger partial charge in [-0.1, -0.05) is 6.07 Å². The van der Waals surface area contributed by atoms with Gasteiger partial charge in [0.25, 0.3) is 0 Å². The maximum Gasteiger partial charge on any atom is 0.323 e. The first-order valence-electron chi connectivity index (χ1n) is 4.96. The highest BCUT2D eigenvalue weighted by atomic mass is 16.1. The summed E-state index contributed by atoms with van der Waals surface area (Å²) in [7, 11) is 0. The predicted molar refractivity (Wildman–Crippen MR) is 61.2 cm³/mol. The third-order valence-corrected chi connectivity index (χ3v) is 2.53. The van der Waals surface area contributed by atoms with Crippen molar-refractivity contribution in [3.63, 3.8) is 0 Å². The van der Waals surface area contributed by atoms with E-state index in [-0.39, 0.29) is 5.69 Å². The van der Waals surface area contributed by atoms with Crippen LogP contribution in [0.3, 0.4) is 0 Å². The molecular formula is C11H10N4O. The number of imidazole rings is 2. The summed E-state index contributed by atoms with van der Waals surface area (Å²) in [5.74, 6) is 0.873. The number of fused-ring (bicyclic) bond motifs is 1. The molecule has 3 aromatic rings. The summed E-state index contributed by atoms with van der Waals surface area (Å²) < 4.78 is 0. The lowest BCUT2D eigenvalue weighted by Crippen LogP contribution is -1.99. The van der Waals surface area contributed by atoms with Gasteiger partial charge in [-0.15, -0.1) is 0 Å². The predicted octanol–water partition coefficient (Wildman–Crippen LogP) is 1.55. The van der Waals surface area contributed by atoms with Crippen LogP contribution in [0.2, 0.25) is 0 Å². The fourth-order valence-corrected chi connectivity index (χ4v) is 1.77. The van der Waals surface area contributed by atoms with Crippen LogP contribution in [-0.2, 0) is 0 Å². The minimum absolute atomic E-state index is 0.187. The molecule has 2 heterocycles. The van der Waals surface area contributed by atoms with Gasteiger partial charge in [0.05, 0.1) is 22.9 Å². The summed E-state index contributed by atoms with van der Waals surface area (Å²) in [6.45, 7) is 1.90. The van der Waals surface area contributed by atoms with E-state index < -0.39 is 0 Å². The van der Waals surface area contributed by atoms with E-state index in [0.717, 1.165) is 28.1 Å². The van der Waals surface area contributed by atoms with Crippen LogP contribution >= 0.6 is 0 Å². The molecule has 0 saturated carbocycles. The lowest BCUT2D eigenvalue weighted by Gasteiger charge is -1.96. The zero-order valence-corrected chi connectivity index (χ0v) is 8.66. The quantitative estimate of drug-likeness (QED) is 0.574. The normalized spacial score (nSPS) is 11.1. The molecule has 0 bridgehead atoms. The molecule has 3 rings (SSSR count). The van der Waals surface area contributed by atoms with E-state index >= 15 is 0 Å². The summed E-state index contributed by atoms with van der Waals surface area (Å²) in [5.41, 5.74) is 3.37. The van der Waals surface area contributed by atoms with Crippen molar-refractivity contribution in [2.45, 2.75) is 6.92 Å². The largest absolute Gasteiger partial charge is 0.342 e.